The van der Waals surface area contributed by atoms with Crippen LogP contribution >= 0.6 is 0 Å². The zero-order chi connectivity index (χ0) is 60.0. The molecule has 6 N–H and O–H groups in total. The summed E-state index contributed by atoms with van der Waals surface area (Å²) in [5, 5.41) is 54.7. The lowest BCUT2D eigenvalue weighted by Gasteiger charge is -2.40. The fourth-order valence-electron chi connectivity index (χ4n) is 10.7. The lowest BCUT2D eigenvalue weighted by Crippen LogP contribution is -2.60. The molecule has 1 heterocycles. The molecule has 1 fully saturated rings. The quantitative estimate of drug-likeness (QED) is 0.0261. The zero-order valence-corrected chi connectivity index (χ0v) is 53.7. The van der Waals surface area contributed by atoms with Gasteiger partial charge in [0.25, 0.3) is 0 Å². The molecule has 1 rings (SSSR count). The molecular weight excluding hydrogens is 1030 g/mol. The van der Waals surface area contributed by atoms with Crippen molar-refractivity contribution < 1.29 is 39.8 Å². The molecule has 1 saturated heterocycles. The van der Waals surface area contributed by atoms with Crippen molar-refractivity contribution in [2.75, 3.05) is 13.2 Å². The molecule has 480 valence electrons. The Morgan fingerprint density at radius 2 is 0.759 bits per heavy atom. The molecule has 0 radical (unpaired) electrons. The van der Waals surface area contributed by atoms with Gasteiger partial charge >= 0.3 is 0 Å². The van der Waals surface area contributed by atoms with Gasteiger partial charge in [0.15, 0.2) is 6.29 Å². The third-order valence-corrected chi connectivity index (χ3v) is 16.1. The van der Waals surface area contributed by atoms with Gasteiger partial charge in [0.1, 0.15) is 24.4 Å². The summed E-state index contributed by atoms with van der Waals surface area (Å²) in [6.07, 6.45) is 83.7. The molecule has 7 atom stereocenters. The second-order valence-electron chi connectivity index (χ2n) is 23.9. The van der Waals surface area contributed by atoms with Crippen molar-refractivity contribution in [2.24, 2.45) is 0 Å². The fourth-order valence-corrected chi connectivity index (χ4v) is 10.7. The van der Waals surface area contributed by atoms with Crippen molar-refractivity contribution in [2.45, 2.75) is 352 Å². The smallest absolute Gasteiger partial charge is 0.220 e. The predicted molar refractivity (Wildman–Crippen MR) is 355 cm³/mol. The highest BCUT2D eigenvalue weighted by Gasteiger charge is 2.44. The number of hydrogen-bond donors (Lipinski definition) is 6. The van der Waals surface area contributed by atoms with Crippen molar-refractivity contribution in [3.8, 4) is 0 Å². The maximum absolute atomic E-state index is 13.1. The average Bonchev–Trinajstić information content (AvgIpc) is 3.60. The molecule has 0 saturated carbocycles. The summed E-state index contributed by atoms with van der Waals surface area (Å²) in [6.45, 7) is 3.67. The van der Waals surface area contributed by atoms with E-state index >= 15 is 0 Å². The van der Waals surface area contributed by atoms with E-state index in [9.17, 15) is 30.3 Å². The minimum atomic E-state index is -1.58. The molecule has 83 heavy (non-hydrogen) atoms. The normalized spacial score (nSPS) is 18.9. The van der Waals surface area contributed by atoms with Crippen LogP contribution in [0.4, 0.5) is 0 Å². The van der Waals surface area contributed by atoms with Crippen LogP contribution in [0.2, 0.25) is 0 Å². The number of allylic oxidation sites excluding steroid dienone is 15. The lowest BCUT2D eigenvalue weighted by atomic mass is 9.99. The third-order valence-electron chi connectivity index (χ3n) is 16.1. The minimum absolute atomic E-state index is 0.193. The summed E-state index contributed by atoms with van der Waals surface area (Å²) in [6, 6.07) is -0.836. The van der Waals surface area contributed by atoms with E-state index in [0.29, 0.717) is 6.42 Å². The van der Waals surface area contributed by atoms with E-state index < -0.39 is 49.5 Å². The number of carbonyl (C=O) groups is 1. The van der Waals surface area contributed by atoms with Crippen LogP contribution in [0.15, 0.2) is 97.2 Å². The molecule has 1 aliphatic heterocycles. The maximum atomic E-state index is 13.1. The summed E-state index contributed by atoms with van der Waals surface area (Å²) >= 11 is 0. The third kappa shape index (κ3) is 50.9. The number of rotatable bonds is 60. The first kappa shape index (κ1) is 78.1. The number of carbonyl (C=O) groups excluding carboxylic acids is 1. The summed E-state index contributed by atoms with van der Waals surface area (Å²) in [4.78, 5) is 13.1. The summed E-state index contributed by atoms with van der Waals surface area (Å²) in [5.41, 5.74) is 0. The monoisotopic (exact) mass is 1160 g/mol. The van der Waals surface area contributed by atoms with Gasteiger partial charge in [0.05, 0.1) is 25.4 Å². The van der Waals surface area contributed by atoms with Crippen molar-refractivity contribution in [3.05, 3.63) is 97.2 Å². The molecule has 9 nitrogen and oxygen atoms in total. The first-order valence-corrected chi connectivity index (χ1v) is 35.0. The highest BCUT2D eigenvalue weighted by Crippen LogP contribution is 2.23. The molecule has 9 heteroatoms. The maximum Gasteiger partial charge on any atom is 0.220 e. The molecule has 7 unspecified atom stereocenters. The number of aliphatic hydroxyl groups excluding tert-OH is 5. The van der Waals surface area contributed by atoms with Crippen LogP contribution in [-0.4, -0.2) is 87.5 Å². The van der Waals surface area contributed by atoms with Gasteiger partial charge in [-0.15, -0.1) is 0 Å². The second kappa shape index (κ2) is 62.2. The topological polar surface area (TPSA) is 149 Å². The van der Waals surface area contributed by atoms with Crippen LogP contribution in [0.5, 0.6) is 0 Å². The van der Waals surface area contributed by atoms with Crippen LogP contribution in [0.1, 0.15) is 309 Å². The Bertz CT molecular complexity index is 1630. The Morgan fingerprint density at radius 3 is 1.16 bits per heavy atom. The fraction of sp³-hybridized carbons (Fsp3) is 0.770. The van der Waals surface area contributed by atoms with Crippen LogP contribution in [0.25, 0.3) is 0 Å². The lowest BCUT2D eigenvalue weighted by molar-refractivity contribution is -0.302. The zero-order valence-electron chi connectivity index (χ0n) is 53.7. The van der Waals surface area contributed by atoms with E-state index in [-0.39, 0.29) is 12.5 Å². The number of hydrogen-bond acceptors (Lipinski definition) is 8. The van der Waals surface area contributed by atoms with Crippen molar-refractivity contribution in [1.29, 1.82) is 0 Å². The van der Waals surface area contributed by atoms with E-state index in [1.54, 1.807) is 6.08 Å². The molecule has 1 aliphatic rings. The Morgan fingerprint density at radius 1 is 0.422 bits per heavy atom. The number of nitrogens with one attached hydrogen (secondary N) is 1. The highest BCUT2D eigenvalue weighted by atomic mass is 16.7. The molecule has 0 aromatic heterocycles. The van der Waals surface area contributed by atoms with Gasteiger partial charge < -0.3 is 40.3 Å². The van der Waals surface area contributed by atoms with Crippen molar-refractivity contribution in [1.82, 2.24) is 5.32 Å². The van der Waals surface area contributed by atoms with Gasteiger partial charge in [0.2, 0.25) is 5.91 Å². The van der Waals surface area contributed by atoms with E-state index in [2.05, 4.69) is 104 Å². The Balaban J connectivity index is 2.18. The Labute approximate surface area is 511 Å². The van der Waals surface area contributed by atoms with Crippen LogP contribution < -0.4 is 5.32 Å². The van der Waals surface area contributed by atoms with E-state index in [0.717, 1.165) is 77.0 Å². The summed E-state index contributed by atoms with van der Waals surface area (Å²) < 4.78 is 11.3. The first-order valence-electron chi connectivity index (χ1n) is 35.0. The standard InChI is InChI=1S/C74H131NO8/c1-3-5-7-9-11-13-15-17-19-21-23-25-27-29-31-33-34-36-37-39-41-43-45-47-49-51-53-55-57-59-61-63-68(77)67(66-82-74-73(81)72(80)71(79)69(65-76)83-74)75-70(78)64-62-60-58-56-54-52-50-48-46-44-42-40-38-35-32-30-28-26-24-22-20-18-16-14-12-10-8-6-4-2/h6,8,12,14,18,20,24,26,30,32,45,47,53,55,61,63,67-69,71-74,76-77,79-81H,3-5,7,9-11,13,15-17,19,21-23,25,27-29,31,33-44,46,48-52,54,56-60,62,64-66H2,1-2H3,(H,75,78)/b8-6-,14-12-,20-18-,26-24-,32-30-,47-45+,55-53+,63-61+. The number of amides is 1. The highest BCUT2D eigenvalue weighted by molar-refractivity contribution is 5.76. The average molecular weight is 1160 g/mol. The van der Waals surface area contributed by atoms with Gasteiger partial charge in [-0.2, -0.15) is 0 Å². The summed E-state index contributed by atoms with van der Waals surface area (Å²) in [7, 11) is 0. The van der Waals surface area contributed by atoms with E-state index in [1.807, 2.05) is 6.08 Å². The molecule has 0 aromatic carbocycles. The van der Waals surface area contributed by atoms with E-state index in [4.69, 9.17) is 9.47 Å². The van der Waals surface area contributed by atoms with Crippen LogP contribution in [0, 0.1) is 0 Å². The van der Waals surface area contributed by atoms with Crippen molar-refractivity contribution in [3.63, 3.8) is 0 Å². The molecule has 1 amide bonds. The molecule has 0 aliphatic carbocycles. The van der Waals surface area contributed by atoms with Gasteiger partial charge in [-0.3, -0.25) is 4.79 Å². The molecule has 0 bridgehead atoms. The van der Waals surface area contributed by atoms with Crippen molar-refractivity contribution >= 4 is 5.91 Å². The molecular formula is C74H131NO8. The first-order chi connectivity index (χ1) is 40.8. The van der Waals surface area contributed by atoms with Gasteiger partial charge in [0, 0.05) is 6.42 Å². The summed E-state index contributed by atoms with van der Waals surface area (Å²) in [5.74, 6) is -0.193. The SMILES string of the molecule is CC/C=C\C/C=C\C/C=C\C/C=C\C/C=C\CCCCCCCCCCCCCCCC(=O)NC(COC1OC(CO)C(O)C(O)C1O)C(O)/C=C/CC/C=C/CC/C=C/CCCCCCCCCCCCCCCCCCCCCCC. The number of unbranched alkanes of at least 4 members (excludes halogenated alkanes) is 36. The van der Waals surface area contributed by atoms with Gasteiger partial charge in [-0.05, 0) is 89.9 Å². The minimum Gasteiger partial charge on any atom is -0.394 e. The molecule has 0 aromatic rings. The van der Waals surface area contributed by atoms with Gasteiger partial charge in [-0.25, -0.2) is 0 Å². The predicted octanol–water partition coefficient (Wildman–Crippen LogP) is 19.1. The Hall–Kier alpha value is -2.89. The number of ether oxygens (including phenoxy) is 2. The van der Waals surface area contributed by atoms with Gasteiger partial charge in [-0.1, -0.05) is 310 Å². The van der Waals surface area contributed by atoms with Crippen LogP contribution in [-0.2, 0) is 14.3 Å². The second-order valence-corrected chi connectivity index (χ2v) is 23.9. The Kier molecular flexibility index (Phi) is 58.5. The van der Waals surface area contributed by atoms with E-state index in [1.165, 1.54) is 212 Å². The number of aliphatic hydroxyl groups is 5. The largest absolute Gasteiger partial charge is 0.394 e. The van der Waals surface area contributed by atoms with Crippen LogP contribution in [0.3, 0.4) is 0 Å². The molecule has 0 spiro atoms.